The van der Waals surface area contributed by atoms with Crippen LogP contribution in [-0.2, 0) is 6.42 Å². The molecule has 0 amide bonds. The van der Waals surface area contributed by atoms with Crippen molar-refractivity contribution >= 4 is 11.4 Å². The average molecular weight is 323 g/mol. The van der Waals surface area contributed by atoms with Gasteiger partial charge in [0, 0.05) is 24.2 Å². The molecule has 1 aromatic carbocycles. The van der Waals surface area contributed by atoms with Gasteiger partial charge < -0.3 is 14.6 Å². The van der Waals surface area contributed by atoms with Crippen LogP contribution >= 0.6 is 0 Å². The number of aromatic nitrogens is 1. The molecule has 0 saturated heterocycles. The van der Waals surface area contributed by atoms with Crippen LogP contribution in [0.2, 0.25) is 0 Å². The van der Waals surface area contributed by atoms with Gasteiger partial charge in [0.2, 0.25) is 5.82 Å². The maximum absolute atomic E-state index is 13.8. The molecular weight excluding hydrogens is 305 g/mol. The van der Waals surface area contributed by atoms with E-state index >= 15 is 0 Å². The molecular formula is C15H18FN3O4. The minimum absolute atomic E-state index is 0.102. The zero-order valence-electron chi connectivity index (χ0n) is 13.2. The van der Waals surface area contributed by atoms with E-state index in [2.05, 4.69) is 10.5 Å². The molecule has 0 saturated carbocycles. The fraction of sp³-hybridized carbons (Fsp3) is 0.400. The number of hydrogen-bond acceptors (Lipinski definition) is 6. The molecule has 0 radical (unpaired) electrons. The number of rotatable bonds is 7. The van der Waals surface area contributed by atoms with Gasteiger partial charge in [-0.05, 0) is 26.7 Å². The van der Waals surface area contributed by atoms with Crippen molar-refractivity contribution < 1.29 is 18.6 Å². The smallest absolute Gasteiger partial charge is 0.327 e. The van der Waals surface area contributed by atoms with Crippen molar-refractivity contribution in [1.29, 1.82) is 0 Å². The van der Waals surface area contributed by atoms with Gasteiger partial charge >= 0.3 is 5.69 Å². The molecule has 0 spiro atoms. The van der Waals surface area contributed by atoms with E-state index in [0.717, 1.165) is 23.1 Å². The second-order valence-corrected chi connectivity index (χ2v) is 5.10. The summed E-state index contributed by atoms with van der Waals surface area (Å²) < 4.78 is 23.8. The first-order valence-corrected chi connectivity index (χ1v) is 7.11. The number of anilines is 1. The van der Waals surface area contributed by atoms with Gasteiger partial charge in [-0.2, -0.15) is 4.39 Å². The average Bonchev–Trinajstić information content (AvgIpc) is 2.81. The van der Waals surface area contributed by atoms with Gasteiger partial charge in [0.25, 0.3) is 0 Å². The van der Waals surface area contributed by atoms with Crippen LogP contribution in [0.15, 0.2) is 16.7 Å². The summed E-state index contributed by atoms with van der Waals surface area (Å²) in [6.45, 7) is 4.14. The Morgan fingerprint density at radius 1 is 1.43 bits per heavy atom. The first kappa shape index (κ1) is 16.7. The van der Waals surface area contributed by atoms with Crippen molar-refractivity contribution in [3.63, 3.8) is 0 Å². The van der Waals surface area contributed by atoms with Crippen molar-refractivity contribution in [3.8, 4) is 5.75 Å². The number of nitro benzene ring substituents is 1. The zero-order valence-corrected chi connectivity index (χ0v) is 13.2. The molecule has 1 N–H and O–H groups in total. The number of nitro groups is 1. The number of hydrogen-bond donors (Lipinski definition) is 1. The second kappa shape index (κ2) is 7.08. The normalized spacial score (nSPS) is 10.6. The number of methoxy groups -OCH3 is 1. The molecule has 0 aliphatic heterocycles. The van der Waals surface area contributed by atoms with E-state index in [-0.39, 0.29) is 11.4 Å². The summed E-state index contributed by atoms with van der Waals surface area (Å²) in [7, 11) is 1.38. The molecule has 0 unspecified atom stereocenters. The van der Waals surface area contributed by atoms with Crippen LogP contribution in [0, 0.1) is 29.8 Å². The SMILES string of the molecule is COc1cc(F)c([N+](=O)[O-])c(NCCCc2c(C)noc2C)c1. The zero-order chi connectivity index (χ0) is 17.0. The predicted molar refractivity (Wildman–Crippen MR) is 82.4 cm³/mol. The summed E-state index contributed by atoms with van der Waals surface area (Å²) in [5, 5.41) is 17.8. The Hall–Kier alpha value is -2.64. The van der Waals surface area contributed by atoms with E-state index in [1.807, 2.05) is 13.8 Å². The largest absolute Gasteiger partial charge is 0.497 e. The third kappa shape index (κ3) is 3.77. The molecule has 1 aromatic heterocycles. The molecule has 8 heteroatoms. The first-order chi connectivity index (χ1) is 10.9. The summed E-state index contributed by atoms with van der Waals surface area (Å²) >= 11 is 0. The quantitative estimate of drug-likeness (QED) is 0.477. The minimum atomic E-state index is -0.928. The highest BCUT2D eigenvalue weighted by molar-refractivity contribution is 5.65. The summed E-state index contributed by atoms with van der Waals surface area (Å²) in [4.78, 5) is 10.3. The number of ether oxygens (including phenoxy) is 1. The van der Waals surface area contributed by atoms with Crippen molar-refractivity contribution in [1.82, 2.24) is 5.16 Å². The Morgan fingerprint density at radius 2 is 2.17 bits per heavy atom. The standard InChI is InChI=1S/C15H18FN3O4/c1-9-12(10(2)23-18-9)5-4-6-17-14-8-11(22-3)7-13(16)15(14)19(20)21/h7-8,17H,4-6H2,1-3H3. The molecule has 2 aromatic rings. The van der Waals surface area contributed by atoms with Crippen molar-refractivity contribution in [2.24, 2.45) is 0 Å². The Morgan fingerprint density at radius 3 is 2.74 bits per heavy atom. The summed E-state index contributed by atoms with van der Waals surface area (Å²) in [6, 6.07) is 2.41. The lowest BCUT2D eigenvalue weighted by atomic mass is 10.1. The lowest BCUT2D eigenvalue weighted by Crippen LogP contribution is -2.07. The topological polar surface area (TPSA) is 90.4 Å². The molecule has 23 heavy (non-hydrogen) atoms. The van der Waals surface area contributed by atoms with Gasteiger partial charge in [-0.1, -0.05) is 5.16 Å². The van der Waals surface area contributed by atoms with E-state index in [9.17, 15) is 14.5 Å². The van der Waals surface area contributed by atoms with Gasteiger partial charge in [0.15, 0.2) is 0 Å². The van der Waals surface area contributed by atoms with Crippen molar-refractivity contribution in [2.45, 2.75) is 26.7 Å². The van der Waals surface area contributed by atoms with Gasteiger partial charge in [0.1, 0.15) is 17.2 Å². The Kier molecular flexibility index (Phi) is 5.15. The highest BCUT2D eigenvalue weighted by atomic mass is 19.1. The lowest BCUT2D eigenvalue weighted by Gasteiger charge is -2.09. The number of halogens is 1. The highest BCUT2D eigenvalue weighted by Crippen LogP contribution is 2.32. The molecule has 7 nitrogen and oxygen atoms in total. The molecule has 0 aliphatic carbocycles. The van der Waals surface area contributed by atoms with Crippen LogP contribution in [0.25, 0.3) is 0 Å². The van der Waals surface area contributed by atoms with E-state index in [1.165, 1.54) is 13.2 Å². The molecule has 0 atom stereocenters. The molecule has 0 fully saturated rings. The molecule has 124 valence electrons. The Balaban J connectivity index is 2.05. The fourth-order valence-corrected chi connectivity index (χ4v) is 2.36. The summed E-state index contributed by atoms with van der Waals surface area (Å²) in [6.07, 6.45) is 1.41. The lowest BCUT2D eigenvalue weighted by molar-refractivity contribution is -0.386. The Labute approximate surface area is 132 Å². The number of nitrogens with zero attached hydrogens (tertiary/aromatic N) is 2. The molecule has 0 aliphatic rings. The van der Waals surface area contributed by atoms with E-state index < -0.39 is 16.4 Å². The van der Waals surface area contributed by atoms with Gasteiger partial charge in [0.05, 0.1) is 17.7 Å². The van der Waals surface area contributed by atoms with Crippen LogP contribution in [-0.4, -0.2) is 23.7 Å². The van der Waals surface area contributed by atoms with E-state index in [0.29, 0.717) is 19.4 Å². The van der Waals surface area contributed by atoms with Gasteiger partial charge in [-0.25, -0.2) is 0 Å². The second-order valence-electron chi connectivity index (χ2n) is 5.10. The van der Waals surface area contributed by atoms with Crippen molar-refractivity contribution in [2.75, 3.05) is 19.0 Å². The number of nitrogens with one attached hydrogen (secondary N) is 1. The molecule has 1 heterocycles. The van der Waals surface area contributed by atoms with Crippen LogP contribution in [0.3, 0.4) is 0 Å². The third-order valence-corrected chi connectivity index (χ3v) is 3.56. The van der Waals surface area contributed by atoms with Crippen LogP contribution in [0.1, 0.15) is 23.4 Å². The van der Waals surface area contributed by atoms with Crippen LogP contribution < -0.4 is 10.1 Å². The fourth-order valence-electron chi connectivity index (χ4n) is 2.36. The first-order valence-electron chi connectivity index (χ1n) is 7.11. The maximum Gasteiger partial charge on any atom is 0.327 e. The van der Waals surface area contributed by atoms with Crippen LogP contribution in [0.4, 0.5) is 15.8 Å². The molecule has 0 bridgehead atoms. The van der Waals surface area contributed by atoms with Gasteiger partial charge in [-0.15, -0.1) is 0 Å². The maximum atomic E-state index is 13.8. The Bertz CT molecular complexity index is 695. The number of aryl methyl sites for hydroxylation is 2. The minimum Gasteiger partial charge on any atom is -0.497 e. The summed E-state index contributed by atoms with van der Waals surface area (Å²) in [5.74, 6) is 0.0600. The highest BCUT2D eigenvalue weighted by Gasteiger charge is 2.22. The van der Waals surface area contributed by atoms with Crippen molar-refractivity contribution in [3.05, 3.63) is 45.1 Å². The van der Waals surface area contributed by atoms with E-state index in [1.54, 1.807) is 0 Å². The van der Waals surface area contributed by atoms with Crippen LogP contribution in [0.5, 0.6) is 5.75 Å². The monoisotopic (exact) mass is 323 g/mol. The third-order valence-electron chi connectivity index (χ3n) is 3.56. The van der Waals surface area contributed by atoms with Gasteiger partial charge in [-0.3, -0.25) is 10.1 Å². The molecule has 2 rings (SSSR count). The number of benzene rings is 1. The summed E-state index contributed by atoms with van der Waals surface area (Å²) in [5.41, 5.74) is 1.38. The van der Waals surface area contributed by atoms with E-state index in [4.69, 9.17) is 9.26 Å². The predicted octanol–water partition coefficient (Wildman–Crippen LogP) is 3.39.